The third kappa shape index (κ3) is 6.02. The topological polar surface area (TPSA) is 49.4 Å². The lowest BCUT2D eigenvalue weighted by molar-refractivity contribution is -0.117. The normalized spacial score (nSPS) is 15.4. The second-order valence-corrected chi connectivity index (χ2v) is 9.08. The molecule has 30 heavy (non-hydrogen) atoms. The lowest BCUT2D eigenvalue weighted by Crippen LogP contribution is -2.40. The number of ketones is 1. The van der Waals surface area contributed by atoms with Crippen LogP contribution in [0.4, 0.5) is 5.69 Å². The van der Waals surface area contributed by atoms with Crippen LogP contribution in [-0.2, 0) is 11.2 Å². The monoisotopic (exact) mass is 406 g/mol. The molecule has 3 rings (SSSR count). The highest BCUT2D eigenvalue weighted by Gasteiger charge is 2.26. The Hall–Kier alpha value is -2.46. The van der Waals surface area contributed by atoms with E-state index in [4.69, 9.17) is 0 Å². The first-order valence-corrected chi connectivity index (χ1v) is 11.0. The van der Waals surface area contributed by atoms with Gasteiger partial charge in [-0.05, 0) is 69.3 Å². The molecule has 0 bridgehead atoms. The maximum Gasteiger partial charge on any atom is 0.238 e. The number of carbonyl (C=O) groups is 2. The quantitative estimate of drug-likeness (QED) is 0.656. The summed E-state index contributed by atoms with van der Waals surface area (Å²) in [5.74, 6) is 0.917. The number of rotatable bonds is 7. The number of nitrogens with one attached hydrogen (secondary N) is 1. The van der Waals surface area contributed by atoms with E-state index in [1.165, 1.54) is 11.1 Å². The molecular weight excluding hydrogens is 372 g/mol. The van der Waals surface area contributed by atoms with Crippen LogP contribution in [0.15, 0.2) is 42.5 Å². The van der Waals surface area contributed by atoms with E-state index in [9.17, 15) is 9.59 Å². The summed E-state index contributed by atoms with van der Waals surface area (Å²) in [7, 11) is 0. The Kier molecular flexibility index (Phi) is 7.43. The summed E-state index contributed by atoms with van der Waals surface area (Å²) in [6.45, 7) is 10.4. The van der Waals surface area contributed by atoms with E-state index >= 15 is 0 Å². The molecule has 0 aromatic heterocycles. The summed E-state index contributed by atoms with van der Waals surface area (Å²) in [5, 5.41) is 3.02. The van der Waals surface area contributed by atoms with Crippen molar-refractivity contribution in [2.45, 2.75) is 47.0 Å². The van der Waals surface area contributed by atoms with Crippen molar-refractivity contribution < 1.29 is 9.59 Å². The SMILES string of the molecule is Cc1ccc(NC(=O)CN2CCC(C(=O)c3ccc(CC(C)C)cc3)CC2)c(C)c1. The number of amides is 1. The summed E-state index contributed by atoms with van der Waals surface area (Å²) in [6.07, 6.45) is 2.66. The first-order chi connectivity index (χ1) is 14.3. The zero-order chi connectivity index (χ0) is 21.7. The van der Waals surface area contributed by atoms with Gasteiger partial charge < -0.3 is 5.32 Å². The summed E-state index contributed by atoms with van der Waals surface area (Å²) < 4.78 is 0. The average molecular weight is 407 g/mol. The van der Waals surface area contributed by atoms with Gasteiger partial charge in [0.05, 0.1) is 6.54 Å². The van der Waals surface area contributed by atoms with Crippen molar-refractivity contribution >= 4 is 17.4 Å². The molecule has 1 N–H and O–H groups in total. The molecule has 4 nitrogen and oxygen atoms in total. The molecule has 1 saturated heterocycles. The highest BCUT2D eigenvalue weighted by Crippen LogP contribution is 2.23. The number of carbonyl (C=O) groups excluding carboxylic acids is 2. The lowest BCUT2D eigenvalue weighted by atomic mass is 9.88. The van der Waals surface area contributed by atoms with Crippen LogP contribution in [0.1, 0.15) is 53.7 Å². The van der Waals surface area contributed by atoms with Crippen LogP contribution < -0.4 is 5.32 Å². The van der Waals surface area contributed by atoms with Gasteiger partial charge in [0.1, 0.15) is 0 Å². The number of anilines is 1. The zero-order valence-electron chi connectivity index (χ0n) is 18.7. The Morgan fingerprint density at radius 2 is 1.70 bits per heavy atom. The molecule has 0 spiro atoms. The number of piperidine rings is 1. The average Bonchev–Trinajstić information content (AvgIpc) is 2.70. The van der Waals surface area contributed by atoms with E-state index in [1.807, 2.05) is 38.1 Å². The van der Waals surface area contributed by atoms with Gasteiger partial charge in [0, 0.05) is 17.2 Å². The fourth-order valence-corrected chi connectivity index (χ4v) is 4.21. The summed E-state index contributed by atoms with van der Waals surface area (Å²) in [5.41, 5.74) is 5.23. The van der Waals surface area contributed by atoms with E-state index in [-0.39, 0.29) is 17.6 Å². The number of benzene rings is 2. The minimum atomic E-state index is 0.00692. The van der Waals surface area contributed by atoms with E-state index < -0.39 is 0 Å². The summed E-state index contributed by atoms with van der Waals surface area (Å²) in [6, 6.07) is 14.2. The highest BCUT2D eigenvalue weighted by molar-refractivity contribution is 5.98. The van der Waals surface area contributed by atoms with Gasteiger partial charge in [-0.15, -0.1) is 0 Å². The van der Waals surface area contributed by atoms with Gasteiger partial charge in [-0.2, -0.15) is 0 Å². The van der Waals surface area contributed by atoms with Crippen LogP contribution in [0.2, 0.25) is 0 Å². The fourth-order valence-electron chi connectivity index (χ4n) is 4.21. The largest absolute Gasteiger partial charge is 0.325 e. The summed E-state index contributed by atoms with van der Waals surface area (Å²) >= 11 is 0. The Bertz CT molecular complexity index is 878. The number of hydrogen-bond donors (Lipinski definition) is 1. The molecular formula is C26H34N2O2. The minimum absolute atomic E-state index is 0.00692. The van der Waals surface area contributed by atoms with Gasteiger partial charge in [-0.3, -0.25) is 14.5 Å². The van der Waals surface area contributed by atoms with Crippen molar-refractivity contribution in [3.8, 4) is 0 Å². The van der Waals surface area contributed by atoms with Crippen LogP contribution in [-0.4, -0.2) is 36.2 Å². The predicted octanol–water partition coefficient (Wildman–Crippen LogP) is 5.04. The number of aryl methyl sites for hydroxylation is 2. The fraction of sp³-hybridized carbons (Fsp3) is 0.462. The second kappa shape index (κ2) is 10.0. The third-order valence-electron chi connectivity index (χ3n) is 5.86. The number of Topliss-reactive ketones (excluding diaryl/α,β-unsaturated/α-hetero) is 1. The first kappa shape index (κ1) is 22.2. The van der Waals surface area contributed by atoms with Gasteiger partial charge in [0.15, 0.2) is 5.78 Å². The van der Waals surface area contributed by atoms with Crippen LogP contribution in [0.3, 0.4) is 0 Å². The van der Waals surface area contributed by atoms with Crippen molar-refractivity contribution in [2.24, 2.45) is 11.8 Å². The van der Waals surface area contributed by atoms with E-state index in [0.717, 1.165) is 49.2 Å². The van der Waals surface area contributed by atoms with Gasteiger partial charge in [0.25, 0.3) is 0 Å². The Morgan fingerprint density at radius 1 is 1.03 bits per heavy atom. The molecule has 0 unspecified atom stereocenters. The highest BCUT2D eigenvalue weighted by atomic mass is 16.2. The Labute approximate surface area is 180 Å². The van der Waals surface area contributed by atoms with E-state index in [1.54, 1.807) is 0 Å². The van der Waals surface area contributed by atoms with Gasteiger partial charge in [-0.25, -0.2) is 0 Å². The smallest absolute Gasteiger partial charge is 0.238 e. The van der Waals surface area contributed by atoms with Crippen LogP contribution in [0, 0.1) is 25.7 Å². The van der Waals surface area contributed by atoms with Crippen LogP contribution in [0.25, 0.3) is 0 Å². The summed E-state index contributed by atoms with van der Waals surface area (Å²) in [4.78, 5) is 27.5. The standard InChI is InChI=1S/C26H34N2O2/c1-18(2)15-21-6-8-22(9-7-21)26(30)23-11-13-28(14-12-23)17-25(29)27-24-10-5-19(3)16-20(24)4/h5-10,16,18,23H,11-15,17H2,1-4H3,(H,27,29). The Morgan fingerprint density at radius 3 is 2.30 bits per heavy atom. The molecule has 0 saturated carbocycles. The van der Waals surface area contributed by atoms with E-state index in [2.05, 4.69) is 42.3 Å². The first-order valence-electron chi connectivity index (χ1n) is 11.0. The molecule has 160 valence electrons. The molecule has 2 aromatic carbocycles. The van der Waals surface area contributed by atoms with Gasteiger partial charge >= 0.3 is 0 Å². The Balaban J connectivity index is 1.48. The maximum atomic E-state index is 12.9. The molecule has 0 atom stereocenters. The van der Waals surface area contributed by atoms with Crippen LogP contribution >= 0.6 is 0 Å². The van der Waals surface area contributed by atoms with Crippen molar-refractivity contribution in [1.29, 1.82) is 0 Å². The molecule has 2 aromatic rings. The minimum Gasteiger partial charge on any atom is -0.325 e. The van der Waals surface area contributed by atoms with Crippen molar-refractivity contribution in [3.05, 3.63) is 64.7 Å². The molecule has 1 amide bonds. The lowest BCUT2D eigenvalue weighted by Gasteiger charge is -2.30. The predicted molar refractivity (Wildman–Crippen MR) is 123 cm³/mol. The molecule has 1 aliphatic rings. The third-order valence-corrected chi connectivity index (χ3v) is 5.86. The van der Waals surface area contributed by atoms with Crippen molar-refractivity contribution in [1.82, 2.24) is 4.90 Å². The van der Waals surface area contributed by atoms with E-state index in [0.29, 0.717) is 12.5 Å². The molecule has 1 heterocycles. The zero-order valence-corrected chi connectivity index (χ0v) is 18.7. The number of nitrogens with zero attached hydrogens (tertiary/aromatic N) is 1. The molecule has 1 aliphatic heterocycles. The maximum absolute atomic E-state index is 12.9. The second-order valence-electron chi connectivity index (χ2n) is 9.08. The van der Waals surface area contributed by atoms with Crippen LogP contribution in [0.5, 0.6) is 0 Å². The molecule has 0 radical (unpaired) electrons. The molecule has 4 heteroatoms. The van der Waals surface area contributed by atoms with Crippen molar-refractivity contribution in [3.63, 3.8) is 0 Å². The number of likely N-dealkylation sites (tertiary alicyclic amines) is 1. The number of hydrogen-bond acceptors (Lipinski definition) is 3. The van der Waals surface area contributed by atoms with Gasteiger partial charge in [0.2, 0.25) is 5.91 Å². The molecule has 0 aliphatic carbocycles. The van der Waals surface area contributed by atoms with Crippen molar-refractivity contribution in [2.75, 3.05) is 25.0 Å². The molecule has 1 fully saturated rings. The van der Waals surface area contributed by atoms with Gasteiger partial charge in [-0.1, -0.05) is 55.8 Å².